The number of carbonyl (C=O) groups excluding carboxylic acids is 3. The molecule has 1 aromatic carbocycles. The zero-order chi connectivity index (χ0) is 21.5. The maximum Gasteiger partial charge on any atom is 0.253 e. The Morgan fingerprint density at radius 1 is 1.07 bits per heavy atom. The molecule has 8 heteroatoms. The molecule has 3 heterocycles. The molecule has 3 amide bonds. The molecule has 0 aliphatic carbocycles. The molecule has 0 spiro atoms. The van der Waals surface area contributed by atoms with E-state index >= 15 is 0 Å². The van der Waals surface area contributed by atoms with Gasteiger partial charge in [0.1, 0.15) is 6.54 Å². The Morgan fingerprint density at radius 3 is 2.37 bits per heavy atom. The minimum atomic E-state index is -0.760. The van der Waals surface area contributed by atoms with E-state index in [1.54, 1.807) is 51.8 Å². The summed E-state index contributed by atoms with van der Waals surface area (Å²) in [4.78, 5) is 44.2. The van der Waals surface area contributed by atoms with Gasteiger partial charge in [-0.15, -0.1) is 0 Å². The Kier molecular flexibility index (Phi) is 5.09. The van der Waals surface area contributed by atoms with Crippen LogP contribution in [0.5, 0.6) is 0 Å². The van der Waals surface area contributed by atoms with Crippen LogP contribution in [-0.4, -0.2) is 82.5 Å². The first-order valence-electron chi connectivity index (χ1n) is 10.1. The Labute approximate surface area is 176 Å². The molecule has 158 valence electrons. The van der Waals surface area contributed by atoms with Gasteiger partial charge in [0.2, 0.25) is 11.8 Å². The molecular formula is C22H27N5O3. The molecule has 2 aromatic rings. The van der Waals surface area contributed by atoms with Gasteiger partial charge in [0, 0.05) is 58.0 Å². The highest BCUT2D eigenvalue weighted by Crippen LogP contribution is 2.44. The highest BCUT2D eigenvalue weighted by Gasteiger charge is 2.59. The van der Waals surface area contributed by atoms with Crippen molar-refractivity contribution in [3.8, 4) is 0 Å². The SMILES string of the molecule is Cc1ccn(CC(=O)N2C[C@@H]3CN(C(=O)c4ccccc4)C[C@]3(C(=O)N(C)C)C2)n1. The van der Waals surface area contributed by atoms with E-state index in [4.69, 9.17) is 0 Å². The average Bonchev–Trinajstić information content (AvgIpc) is 3.40. The quantitative estimate of drug-likeness (QED) is 0.751. The van der Waals surface area contributed by atoms with E-state index in [0.717, 1.165) is 5.69 Å². The van der Waals surface area contributed by atoms with Crippen LogP contribution in [0.4, 0.5) is 0 Å². The normalized spacial score (nSPS) is 22.8. The lowest BCUT2D eigenvalue weighted by molar-refractivity contribution is -0.140. The van der Waals surface area contributed by atoms with Crippen LogP contribution in [0, 0.1) is 18.3 Å². The summed E-state index contributed by atoms with van der Waals surface area (Å²) in [6.07, 6.45) is 1.78. The van der Waals surface area contributed by atoms with Crippen molar-refractivity contribution in [2.75, 3.05) is 40.3 Å². The second-order valence-electron chi connectivity index (χ2n) is 8.53. The van der Waals surface area contributed by atoms with Crippen LogP contribution in [0.25, 0.3) is 0 Å². The zero-order valence-corrected chi connectivity index (χ0v) is 17.6. The van der Waals surface area contributed by atoms with Gasteiger partial charge in [-0.05, 0) is 25.1 Å². The maximum atomic E-state index is 13.2. The molecule has 4 rings (SSSR count). The van der Waals surface area contributed by atoms with Crippen LogP contribution in [0.15, 0.2) is 42.6 Å². The van der Waals surface area contributed by atoms with Gasteiger partial charge < -0.3 is 14.7 Å². The predicted octanol–water partition coefficient (Wildman–Crippen LogP) is 0.881. The molecular weight excluding hydrogens is 382 g/mol. The molecule has 8 nitrogen and oxygen atoms in total. The van der Waals surface area contributed by atoms with E-state index in [2.05, 4.69) is 5.10 Å². The molecule has 0 bridgehead atoms. The summed E-state index contributed by atoms with van der Waals surface area (Å²) in [5.41, 5.74) is 0.714. The van der Waals surface area contributed by atoms with E-state index in [9.17, 15) is 14.4 Å². The van der Waals surface area contributed by atoms with Gasteiger partial charge in [0.15, 0.2) is 0 Å². The Hall–Kier alpha value is -3.16. The molecule has 2 atom stereocenters. The number of hydrogen-bond acceptors (Lipinski definition) is 4. The topological polar surface area (TPSA) is 78.8 Å². The van der Waals surface area contributed by atoms with Crippen LogP contribution in [-0.2, 0) is 16.1 Å². The van der Waals surface area contributed by atoms with Gasteiger partial charge in [-0.2, -0.15) is 5.10 Å². The molecule has 2 fully saturated rings. The molecule has 30 heavy (non-hydrogen) atoms. The number of hydrogen-bond donors (Lipinski definition) is 0. The monoisotopic (exact) mass is 409 g/mol. The minimum absolute atomic E-state index is 0.0268. The molecule has 2 saturated heterocycles. The smallest absolute Gasteiger partial charge is 0.253 e. The van der Waals surface area contributed by atoms with Crippen molar-refractivity contribution in [1.29, 1.82) is 0 Å². The largest absolute Gasteiger partial charge is 0.348 e. The molecule has 1 aromatic heterocycles. The predicted molar refractivity (Wildman–Crippen MR) is 111 cm³/mol. The lowest BCUT2D eigenvalue weighted by atomic mass is 9.80. The van der Waals surface area contributed by atoms with Gasteiger partial charge >= 0.3 is 0 Å². The fourth-order valence-electron chi connectivity index (χ4n) is 4.71. The summed E-state index contributed by atoms with van der Waals surface area (Å²) in [6.45, 7) is 3.62. The number of rotatable bonds is 4. The van der Waals surface area contributed by atoms with Crippen LogP contribution < -0.4 is 0 Å². The van der Waals surface area contributed by atoms with Crippen molar-refractivity contribution >= 4 is 17.7 Å². The summed E-state index contributed by atoms with van der Waals surface area (Å²) in [7, 11) is 3.46. The highest BCUT2D eigenvalue weighted by atomic mass is 16.2. The van der Waals surface area contributed by atoms with Crippen LogP contribution in [0.2, 0.25) is 0 Å². The lowest BCUT2D eigenvalue weighted by Crippen LogP contribution is -2.48. The Morgan fingerprint density at radius 2 is 1.73 bits per heavy atom. The first kappa shape index (κ1) is 20.1. The number of likely N-dealkylation sites (tertiary alicyclic amines) is 2. The summed E-state index contributed by atoms with van der Waals surface area (Å²) in [5, 5.41) is 4.28. The number of benzene rings is 1. The third-order valence-corrected chi connectivity index (χ3v) is 6.17. The fourth-order valence-corrected chi connectivity index (χ4v) is 4.71. The number of aryl methyl sites for hydroxylation is 1. The van der Waals surface area contributed by atoms with Crippen molar-refractivity contribution in [1.82, 2.24) is 24.5 Å². The summed E-state index contributed by atoms with van der Waals surface area (Å²) in [5.74, 6) is -0.232. The molecule has 0 N–H and O–H groups in total. The number of amides is 3. The second kappa shape index (κ2) is 7.59. The average molecular weight is 409 g/mol. The van der Waals surface area contributed by atoms with Crippen molar-refractivity contribution in [2.24, 2.45) is 11.3 Å². The van der Waals surface area contributed by atoms with E-state index in [-0.39, 0.29) is 30.2 Å². The van der Waals surface area contributed by atoms with E-state index < -0.39 is 5.41 Å². The van der Waals surface area contributed by atoms with Gasteiger partial charge in [-0.3, -0.25) is 19.1 Å². The van der Waals surface area contributed by atoms with Crippen molar-refractivity contribution in [2.45, 2.75) is 13.5 Å². The van der Waals surface area contributed by atoms with Crippen LogP contribution in [0.1, 0.15) is 16.1 Å². The number of nitrogens with zero attached hydrogens (tertiary/aromatic N) is 5. The summed E-state index contributed by atoms with van der Waals surface area (Å²) < 4.78 is 1.62. The second-order valence-corrected chi connectivity index (χ2v) is 8.53. The number of carbonyl (C=O) groups is 3. The van der Waals surface area contributed by atoms with Gasteiger partial charge in [-0.25, -0.2) is 0 Å². The van der Waals surface area contributed by atoms with E-state index in [0.29, 0.717) is 31.7 Å². The molecule has 2 aliphatic rings. The van der Waals surface area contributed by atoms with Gasteiger partial charge in [0.05, 0.1) is 11.1 Å². The first-order valence-corrected chi connectivity index (χ1v) is 10.1. The first-order chi connectivity index (χ1) is 14.3. The molecule has 2 aliphatic heterocycles. The summed E-state index contributed by atoms with van der Waals surface area (Å²) in [6, 6.07) is 11.0. The van der Waals surface area contributed by atoms with Crippen molar-refractivity contribution in [3.63, 3.8) is 0 Å². The highest BCUT2D eigenvalue weighted by molar-refractivity contribution is 5.96. The molecule has 0 radical (unpaired) electrons. The van der Waals surface area contributed by atoms with Crippen molar-refractivity contribution in [3.05, 3.63) is 53.9 Å². The molecule has 0 unspecified atom stereocenters. The molecule has 0 saturated carbocycles. The van der Waals surface area contributed by atoms with E-state index in [1.165, 1.54) is 0 Å². The summed E-state index contributed by atoms with van der Waals surface area (Å²) >= 11 is 0. The Bertz CT molecular complexity index is 970. The van der Waals surface area contributed by atoms with Gasteiger partial charge in [0.25, 0.3) is 5.91 Å². The minimum Gasteiger partial charge on any atom is -0.348 e. The lowest BCUT2D eigenvalue weighted by Gasteiger charge is -2.30. The van der Waals surface area contributed by atoms with Gasteiger partial charge in [-0.1, -0.05) is 18.2 Å². The number of aromatic nitrogens is 2. The standard InChI is InChI=1S/C22H27N5O3/c1-16-9-10-27(23-16)13-19(28)25-11-18-12-26(20(29)17-7-5-4-6-8-17)15-22(18,14-25)21(30)24(2)3/h4-10,18H,11-15H2,1-3H3/t18-,22-/m1/s1. The third kappa shape index (κ3) is 3.46. The van der Waals surface area contributed by atoms with Crippen LogP contribution in [0.3, 0.4) is 0 Å². The third-order valence-electron chi connectivity index (χ3n) is 6.17. The zero-order valence-electron chi connectivity index (χ0n) is 17.6. The fraction of sp³-hybridized carbons (Fsp3) is 0.455. The van der Waals surface area contributed by atoms with Crippen molar-refractivity contribution < 1.29 is 14.4 Å². The van der Waals surface area contributed by atoms with E-state index in [1.807, 2.05) is 31.2 Å². The Balaban J connectivity index is 1.53. The van der Waals surface area contributed by atoms with Crippen LogP contribution >= 0.6 is 0 Å². The number of fused-ring (bicyclic) bond motifs is 1. The maximum absolute atomic E-state index is 13.2.